The van der Waals surface area contributed by atoms with Crippen LogP contribution in [0.1, 0.15) is 5.56 Å². The summed E-state index contributed by atoms with van der Waals surface area (Å²) in [7, 11) is 4.71. The normalized spacial score (nSPS) is 10.6. The quantitative estimate of drug-likeness (QED) is 0.542. The summed E-state index contributed by atoms with van der Waals surface area (Å²) in [5, 5.41) is 2.84. The predicted molar refractivity (Wildman–Crippen MR) is 113 cm³/mol. The molecule has 0 radical (unpaired) electrons. The van der Waals surface area contributed by atoms with Gasteiger partial charge in [-0.25, -0.2) is 0 Å². The average molecular weight is 401 g/mol. The largest absolute Gasteiger partial charge is 0.497 e. The number of rotatable bonds is 8. The second-order valence-corrected chi connectivity index (χ2v) is 6.73. The lowest BCUT2D eigenvalue weighted by atomic mass is 10.1. The third-order valence-electron chi connectivity index (χ3n) is 3.98. The minimum Gasteiger partial charge on any atom is -0.497 e. The molecule has 0 aromatic heterocycles. The molecular formula is C21H24N2O4S. The fourth-order valence-corrected chi connectivity index (χ4v) is 3.04. The molecule has 6 nitrogen and oxygen atoms in total. The molecule has 2 aromatic carbocycles. The highest BCUT2D eigenvalue weighted by molar-refractivity contribution is 7.98. The third-order valence-corrected chi connectivity index (χ3v) is 4.78. The molecule has 0 spiro atoms. The molecule has 28 heavy (non-hydrogen) atoms. The van der Waals surface area contributed by atoms with Crippen LogP contribution in [0.4, 0.5) is 5.69 Å². The van der Waals surface area contributed by atoms with Crippen LogP contribution in [0.3, 0.4) is 0 Å². The maximum Gasteiger partial charge on any atom is 0.246 e. The Hall–Kier alpha value is -2.93. The lowest BCUT2D eigenvalue weighted by Gasteiger charge is -2.16. The van der Waals surface area contributed by atoms with Gasteiger partial charge in [0.05, 0.1) is 26.5 Å². The van der Waals surface area contributed by atoms with Crippen LogP contribution in [0, 0.1) is 0 Å². The topological polar surface area (TPSA) is 67.9 Å². The van der Waals surface area contributed by atoms with E-state index in [9.17, 15) is 9.59 Å². The van der Waals surface area contributed by atoms with E-state index in [1.54, 1.807) is 57.3 Å². The molecule has 0 aliphatic carbocycles. The van der Waals surface area contributed by atoms with Crippen molar-refractivity contribution in [3.05, 3.63) is 54.1 Å². The zero-order chi connectivity index (χ0) is 20.5. The van der Waals surface area contributed by atoms with E-state index >= 15 is 0 Å². The highest BCUT2D eigenvalue weighted by atomic mass is 32.2. The molecule has 0 aliphatic rings. The van der Waals surface area contributed by atoms with E-state index in [1.165, 1.54) is 11.0 Å². The van der Waals surface area contributed by atoms with E-state index < -0.39 is 0 Å². The third kappa shape index (κ3) is 5.79. The maximum atomic E-state index is 12.4. The minimum atomic E-state index is -0.293. The predicted octanol–water partition coefficient (Wildman–Crippen LogP) is 3.54. The van der Waals surface area contributed by atoms with Crippen LogP contribution in [0.25, 0.3) is 6.08 Å². The zero-order valence-corrected chi connectivity index (χ0v) is 17.2. The van der Waals surface area contributed by atoms with Gasteiger partial charge < -0.3 is 19.7 Å². The average Bonchev–Trinajstić information content (AvgIpc) is 2.71. The molecule has 0 atom stereocenters. The molecule has 7 heteroatoms. The number of methoxy groups -OCH3 is 2. The second kappa shape index (κ2) is 10.4. The van der Waals surface area contributed by atoms with Crippen LogP contribution in [0.2, 0.25) is 0 Å². The summed E-state index contributed by atoms with van der Waals surface area (Å²) in [6.45, 7) is -0.0544. The molecule has 2 rings (SSSR count). The summed E-state index contributed by atoms with van der Waals surface area (Å²) in [5.74, 6) is 0.731. The summed E-state index contributed by atoms with van der Waals surface area (Å²) < 4.78 is 10.5. The smallest absolute Gasteiger partial charge is 0.246 e. The standard InChI is InChI=1S/C21H24N2O4S/c1-23(14-20(24)22-17-7-5-6-8-19(17)28-4)21(25)12-9-15-13-16(26-2)10-11-18(15)27-3/h5-13H,14H2,1-4H3,(H,22,24)/b12-9+. The fourth-order valence-electron chi connectivity index (χ4n) is 2.49. The van der Waals surface area contributed by atoms with Crippen molar-refractivity contribution in [2.45, 2.75) is 4.90 Å². The lowest BCUT2D eigenvalue weighted by molar-refractivity contribution is -0.129. The van der Waals surface area contributed by atoms with Crippen molar-refractivity contribution < 1.29 is 19.1 Å². The number of ether oxygens (including phenoxy) is 2. The highest BCUT2D eigenvalue weighted by Crippen LogP contribution is 2.25. The van der Waals surface area contributed by atoms with E-state index in [4.69, 9.17) is 9.47 Å². The number of hydrogen-bond donors (Lipinski definition) is 1. The number of para-hydroxylation sites is 1. The summed E-state index contributed by atoms with van der Waals surface area (Å²) in [5.41, 5.74) is 1.44. The van der Waals surface area contributed by atoms with Gasteiger partial charge in [0.15, 0.2) is 0 Å². The number of amides is 2. The van der Waals surface area contributed by atoms with Gasteiger partial charge in [0.25, 0.3) is 0 Å². The molecule has 0 saturated heterocycles. The van der Waals surface area contributed by atoms with Crippen LogP contribution < -0.4 is 14.8 Å². The highest BCUT2D eigenvalue weighted by Gasteiger charge is 2.12. The number of likely N-dealkylation sites (N-methyl/N-ethyl adjacent to an activating group) is 1. The molecule has 1 N–H and O–H groups in total. The maximum absolute atomic E-state index is 12.4. The van der Waals surface area contributed by atoms with Crippen molar-refractivity contribution in [2.24, 2.45) is 0 Å². The van der Waals surface area contributed by atoms with E-state index in [0.29, 0.717) is 17.1 Å². The summed E-state index contributed by atoms with van der Waals surface area (Å²) in [6, 6.07) is 12.8. The van der Waals surface area contributed by atoms with Gasteiger partial charge >= 0.3 is 0 Å². The Morgan fingerprint density at radius 2 is 1.89 bits per heavy atom. The number of anilines is 1. The molecule has 2 aromatic rings. The van der Waals surface area contributed by atoms with E-state index in [1.807, 2.05) is 30.5 Å². The number of nitrogens with one attached hydrogen (secondary N) is 1. The Balaban J connectivity index is 2.01. The van der Waals surface area contributed by atoms with Gasteiger partial charge in [-0.2, -0.15) is 0 Å². The van der Waals surface area contributed by atoms with Crippen molar-refractivity contribution in [2.75, 3.05) is 39.4 Å². The molecule has 0 aliphatic heterocycles. The summed E-state index contributed by atoms with van der Waals surface area (Å²) in [4.78, 5) is 27.0. The Morgan fingerprint density at radius 3 is 2.57 bits per heavy atom. The number of carbonyl (C=O) groups is 2. The van der Waals surface area contributed by atoms with Gasteiger partial charge in [0.2, 0.25) is 11.8 Å². The first-order valence-electron chi connectivity index (χ1n) is 8.56. The monoisotopic (exact) mass is 400 g/mol. The van der Waals surface area contributed by atoms with E-state index in [0.717, 1.165) is 10.6 Å². The van der Waals surface area contributed by atoms with Gasteiger partial charge in [0, 0.05) is 23.6 Å². The van der Waals surface area contributed by atoms with Crippen LogP contribution in [0.15, 0.2) is 53.4 Å². The second-order valence-electron chi connectivity index (χ2n) is 5.88. The van der Waals surface area contributed by atoms with Crippen molar-refractivity contribution >= 4 is 35.3 Å². The number of benzene rings is 2. The van der Waals surface area contributed by atoms with Crippen LogP contribution in [-0.2, 0) is 9.59 Å². The first-order chi connectivity index (χ1) is 13.5. The molecule has 148 valence electrons. The Kier molecular flexibility index (Phi) is 7.95. The van der Waals surface area contributed by atoms with Crippen LogP contribution in [0.5, 0.6) is 11.5 Å². The molecule has 0 saturated carbocycles. The number of carbonyl (C=O) groups excluding carboxylic acids is 2. The SMILES string of the molecule is COc1ccc(OC)c(/C=C/C(=O)N(C)CC(=O)Nc2ccccc2SC)c1. The van der Waals surface area contributed by atoms with Crippen LogP contribution >= 0.6 is 11.8 Å². The Bertz CT molecular complexity index is 867. The van der Waals surface area contributed by atoms with E-state index in [2.05, 4.69) is 5.32 Å². The summed E-state index contributed by atoms with van der Waals surface area (Å²) >= 11 is 1.55. The Labute approximate surface area is 169 Å². The van der Waals surface area contributed by atoms with Crippen LogP contribution in [-0.4, -0.2) is 50.8 Å². The van der Waals surface area contributed by atoms with Crippen molar-refractivity contribution in [1.29, 1.82) is 0 Å². The molecule has 0 heterocycles. The molecule has 0 bridgehead atoms. The number of nitrogens with zero attached hydrogens (tertiary/aromatic N) is 1. The van der Waals surface area contributed by atoms with Gasteiger partial charge in [-0.05, 0) is 42.7 Å². The van der Waals surface area contributed by atoms with Gasteiger partial charge in [0.1, 0.15) is 11.5 Å². The molecular weight excluding hydrogens is 376 g/mol. The van der Waals surface area contributed by atoms with Crippen molar-refractivity contribution in [3.8, 4) is 11.5 Å². The fraction of sp³-hybridized carbons (Fsp3) is 0.238. The molecule has 0 fully saturated rings. The first kappa shape index (κ1) is 21.4. The lowest BCUT2D eigenvalue weighted by Crippen LogP contribution is -2.33. The van der Waals surface area contributed by atoms with Crippen molar-refractivity contribution in [3.63, 3.8) is 0 Å². The Morgan fingerprint density at radius 1 is 1.14 bits per heavy atom. The van der Waals surface area contributed by atoms with Crippen molar-refractivity contribution in [1.82, 2.24) is 4.90 Å². The number of hydrogen-bond acceptors (Lipinski definition) is 5. The first-order valence-corrected chi connectivity index (χ1v) is 9.79. The van der Waals surface area contributed by atoms with Gasteiger partial charge in [-0.1, -0.05) is 12.1 Å². The minimum absolute atomic E-state index is 0.0544. The van der Waals surface area contributed by atoms with Gasteiger partial charge in [-0.15, -0.1) is 11.8 Å². The molecule has 2 amide bonds. The van der Waals surface area contributed by atoms with Gasteiger partial charge in [-0.3, -0.25) is 9.59 Å². The van der Waals surface area contributed by atoms with E-state index in [-0.39, 0.29) is 18.4 Å². The summed E-state index contributed by atoms with van der Waals surface area (Å²) in [6.07, 6.45) is 4.99. The zero-order valence-electron chi connectivity index (χ0n) is 16.4. The molecule has 0 unspecified atom stereocenters. The number of thioether (sulfide) groups is 1.